The lowest BCUT2D eigenvalue weighted by Gasteiger charge is -2.11. The summed E-state index contributed by atoms with van der Waals surface area (Å²) in [4.78, 5) is 0. The minimum Gasteiger partial charge on any atom is -0.391 e. The molecule has 0 saturated heterocycles. The maximum Gasteiger partial charge on any atom is 0.165 e. The van der Waals surface area contributed by atoms with Crippen LogP contribution in [0.15, 0.2) is 0 Å². The Morgan fingerprint density at radius 1 is 1.60 bits per heavy atom. The summed E-state index contributed by atoms with van der Waals surface area (Å²) in [6.07, 6.45) is -0.857. The molecule has 0 amide bonds. The molecule has 0 bridgehead atoms. The zero-order chi connectivity index (χ0) is 8.36. The van der Waals surface area contributed by atoms with Crippen LogP contribution in [0.25, 0.3) is 0 Å². The van der Waals surface area contributed by atoms with Crippen LogP contribution in [0, 0.1) is 0 Å². The quantitative estimate of drug-likeness (QED) is 0.720. The van der Waals surface area contributed by atoms with E-state index in [0.717, 1.165) is 0 Å². The molecule has 0 aliphatic carbocycles. The summed E-state index contributed by atoms with van der Waals surface area (Å²) in [5, 5.41) is 8.86. The van der Waals surface area contributed by atoms with Crippen molar-refractivity contribution in [2.24, 2.45) is 0 Å². The zero-order valence-corrected chi connectivity index (χ0v) is 8.31. The van der Waals surface area contributed by atoms with E-state index in [9.17, 15) is 8.42 Å². The van der Waals surface area contributed by atoms with Crippen molar-refractivity contribution in [3.63, 3.8) is 0 Å². The van der Waals surface area contributed by atoms with E-state index in [-0.39, 0.29) is 5.75 Å². The summed E-state index contributed by atoms with van der Waals surface area (Å²) >= 11 is 2.89. The Morgan fingerprint density at radius 3 is 2.10 bits per heavy atom. The molecule has 0 aliphatic heterocycles. The average Bonchev–Trinajstić information content (AvgIpc) is 1.86. The number of halogens is 1. The number of alkyl halides is 1. The van der Waals surface area contributed by atoms with E-state index >= 15 is 0 Å². The van der Waals surface area contributed by atoms with Crippen molar-refractivity contribution < 1.29 is 13.5 Å². The fourth-order valence-corrected chi connectivity index (χ4v) is 2.17. The number of rotatable bonds is 3. The SMILES string of the molecule is CCS(=O)(=O)[C@@H](Br)[C@H](C)O. The first-order chi connectivity index (χ1) is 4.41. The second-order valence-electron chi connectivity index (χ2n) is 2.04. The van der Waals surface area contributed by atoms with Crippen molar-refractivity contribution in [1.29, 1.82) is 0 Å². The van der Waals surface area contributed by atoms with E-state index in [0.29, 0.717) is 0 Å². The van der Waals surface area contributed by atoms with E-state index in [1.165, 1.54) is 6.92 Å². The van der Waals surface area contributed by atoms with Gasteiger partial charge in [0.1, 0.15) is 4.16 Å². The van der Waals surface area contributed by atoms with Crippen molar-refractivity contribution in [3.8, 4) is 0 Å². The van der Waals surface area contributed by atoms with Gasteiger partial charge in [0.15, 0.2) is 9.84 Å². The van der Waals surface area contributed by atoms with Gasteiger partial charge in [-0.2, -0.15) is 0 Å². The molecular formula is C5H11BrO3S. The first kappa shape index (κ1) is 10.4. The number of hydrogen-bond donors (Lipinski definition) is 1. The molecule has 0 heterocycles. The highest BCUT2D eigenvalue weighted by molar-refractivity contribution is 9.11. The van der Waals surface area contributed by atoms with Gasteiger partial charge < -0.3 is 5.11 Å². The number of hydrogen-bond acceptors (Lipinski definition) is 3. The highest BCUT2D eigenvalue weighted by Crippen LogP contribution is 2.13. The summed E-state index contributed by atoms with van der Waals surface area (Å²) in [5.74, 6) is 0.0494. The molecule has 0 spiro atoms. The first-order valence-electron chi connectivity index (χ1n) is 2.95. The summed E-state index contributed by atoms with van der Waals surface area (Å²) < 4.78 is 21.0. The van der Waals surface area contributed by atoms with E-state index in [1.807, 2.05) is 0 Å². The molecule has 0 rings (SSSR count). The molecule has 0 radical (unpaired) electrons. The van der Waals surface area contributed by atoms with Crippen molar-refractivity contribution in [2.75, 3.05) is 5.75 Å². The van der Waals surface area contributed by atoms with Gasteiger partial charge in [0.2, 0.25) is 0 Å². The molecule has 0 aromatic carbocycles. The Hall–Kier alpha value is 0.390. The van der Waals surface area contributed by atoms with Gasteiger partial charge in [-0.05, 0) is 6.92 Å². The molecule has 10 heavy (non-hydrogen) atoms. The van der Waals surface area contributed by atoms with Gasteiger partial charge in [-0.15, -0.1) is 0 Å². The molecule has 0 unspecified atom stereocenters. The number of sulfone groups is 1. The Balaban J connectivity index is 4.35. The minimum atomic E-state index is -3.13. The van der Waals surface area contributed by atoms with Crippen LogP contribution in [0.2, 0.25) is 0 Å². The highest BCUT2D eigenvalue weighted by Gasteiger charge is 2.24. The van der Waals surface area contributed by atoms with Gasteiger partial charge in [0, 0.05) is 5.75 Å². The third kappa shape index (κ3) is 2.56. The second kappa shape index (κ2) is 3.69. The predicted molar refractivity (Wildman–Crippen MR) is 43.9 cm³/mol. The van der Waals surface area contributed by atoms with Crippen LogP contribution in [0.1, 0.15) is 13.8 Å². The maximum absolute atomic E-state index is 10.9. The summed E-state index contributed by atoms with van der Waals surface area (Å²) in [6, 6.07) is 0. The van der Waals surface area contributed by atoms with Crippen molar-refractivity contribution in [2.45, 2.75) is 24.1 Å². The third-order valence-corrected chi connectivity index (χ3v) is 5.48. The molecule has 0 aromatic rings. The van der Waals surface area contributed by atoms with E-state index < -0.39 is 20.1 Å². The molecule has 3 nitrogen and oxygen atoms in total. The molecule has 0 saturated carbocycles. The second-order valence-corrected chi connectivity index (χ2v) is 6.05. The summed E-state index contributed by atoms with van der Waals surface area (Å²) in [6.45, 7) is 2.98. The molecule has 0 fully saturated rings. The van der Waals surface area contributed by atoms with Gasteiger partial charge in [0.05, 0.1) is 6.10 Å². The van der Waals surface area contributed by atoms with Crippen molar-refractivity contribution in [3.05, 3.63) is 0 Å². The Bertz CT molecular complexity index is 185. The lowest BCUT2D eigenvalue weighted by molar-refractivity contribution is 0.211. The lowest BCUT2D eigenvalue weighted by atomic mass is 10.5. The van der Waals surface area contributed by atoms with Crippen LogP contribution in [0.3, 0.4) is 0 Å². The summed E-state index contributed by atoms with van der Waals surface area (Å²) in [7, 11) is -3.13. The summed E-state index contributed by atoms with van der Waals surface area (Å²) in [5.41, 5.74) is 0. The highest BCUT2D eigenvalue weighted by atomic mass is 79.9. The Morgan fingerprint density at radius 2 is 2.00 bits per heavy atom. The Labute approximate surface area is 69.5 Å². The van der Waals surface area contributed by atoms with Gasteiger partial charge in [0.25, 0.3) is 0 Å². The number of aliphatic hydroxyl groups excluding tert-OH is 1. The van der Waals surface area contributed by atoms with Crippen LogP contribution in [0.4, 0.5) is 0 Å². The smallest absolute Gasteiger partial charge is 0.165 e. The molecule has 1 N–H and O–H groups in total. The van der Waals surface area contributed by atoms with Gasteiger partial charge in [-0.25, -0.2) is 8.42 Å². The van der Waals surface area contributed by atoms with E-state index in [1.54, 1.807) is 6.92 Å². The van der Waals surface area contributed by atoms with Crippen molar-refractivity contribution in [1.82, 2.24) is 0 Å². The van der Waals surface area contributed by atoms with Gasteiger partial charge >= 0.3 is 0 Å². The van der Waals surface area contributed by atoms with E-state index in [4.69, 9.17) is 5.11 Å². The number of aliphatic hydroxyl groups is 1. The third-order valence-electron chi connectivity index (χ3n) is 1.12. The van der Waals surface area contributed by atoms with Crippen molar-refractivity contribution >= 4 is 25.8 Å². The maximum atomic E-state index is 10.9. The van der Waals surface area contributed by atoms with Crippen LogP contribution in [-0.2, 0) is 9.84 Å². The fraction of sp³-hybridized carbons (Fsp3) is 1.00. The minimum absolute atomic E-state index is 0.0494. The van der Waals surface area contributed by atoms with Gasteiger partial charge in [-0.1, -0.05) is 22.9 Å². The monoisotopic (exact) mass is 230 g/mol. The largest absolute Gasteiger partial charge is 0.391 e. The standard InChI is InChI=1S/C5H11BrO3S/c1-3-10(8,9)5(6)4(2)7/h4-5,7H,3H2,1-2H3/t4-,5+/m0/s1. The molecule has 0 aromatic heterocycles. The van der Waals surface area contributed by atoms with Crippen LogP contribution < -0.4 is 0 Å². The van der Waals surface area contributed by atoms with Crippen LogP contribution in [0.5, 0.6) is 0 Å². The topological polar surface area (TPSA) is 54.4 Å². The average molecular weight is 231 g/mol. The molecular weight excluding hydrogens is 220 g/mol. The zero-order valence-electron chi connectivity index (χ0n) is 5.91. The molecule has 62 valence electrons. The first-order valence-corrected chi connectivity index (χ1v) is 5.58. The molecule has 2 atom stereocenters. The predicted octanol–water partition coefficient (Wildman–Crippen LogP) is 0.523. The lowest BCUT2D eigenvalue weighted by Crippen LogP contribution is -2.27. The van der Waals surface area contributed by atoms with E-state index in [2.05, 4.69) is 15.9 Å². The van der Waals surface area contributed by atoms with Crippen LogP contribution in [-0.4, -0.2) is 29.5 Å². The van der Waals surface area contributed by atoms with Gasteiger partial charge in [-0.3, -0.25) is 0 Å². The van der Waals surface area contributed by atoms with Crippen LogP contribution >= 0.6 is 15.9 Å². The Kier molecular flexibility index (Phi) is 3.83. The fourth-order valence-electron chi connectivity index (χ4n) is 0.459. The normalized spacial score (nSPS) is 18.4. The molecule has 0 aliphatic rings. The molecule has 5 heteroatoms.